The predicted molar refractivity (Wildman–Crippen MR) is 102 cm³/mol. The Bertz CT molecular complexity index is 702. The largest absolute Gasteiger partial charge is 0.368 e. The summed E-state index contributed by atoms with van der Waals surface area (Å²) in [6.07, 6.45) is 1.26. The molecule has 6 nitrogen and oxygen atoms in total. The molecule has 0 aliphatic carbocycles. The maximum atomic E-state index is 11.9. The molecule has 0 radical (unpaired) electrons. The molecular weight excluding hydrogens is 314 g/mol. The Hall–Kier alpha value is -2.63. The minimum absolute atomic E-state index is 0.0653. The van der Waals surface area contributed by atoms with Crippen LogP contribution in [0.15, 0.2) is 30.3 Å². The number of carbonyl (C=O) groups is 1. The Morgan fingerprint density at radius 3 is 2.68 bits per heavy atom. The van der Waals surface area contributed by atoms with Gasteiger partial charge in [-0.1, -0.05) is 29.8 Å². The van der Waals surface area contributed by atoms with Gasteiger partial charge in [0.1, 0.15) is 5.82 Å². The van der Waals surface area contributed by atoms with Gasteiger partial charge in [-0.3, -0.25) is 4.79 Å². The molecule has 3 N–H and O–H groups in total. The van der Waals surface area contributed by atoms with E-state index >= 15 is 0 Å². The number of aromatic nitrogens is 2. The molecule has 0 unspecified atom stereocenters. The quantitative estimate of drug-likeness (QED) is 0.611. The molecule has 1 aromatic carbocycles. The Labute approximate surface area is 149 Å². The number of anilines is 2. The Kier molecular flexibility index (Phi) is 7.19. The van der Waals surface area contributed by atoms with E-state index in [-0.39, 0.29) is 5.91 Å². The predicted octanol–water partition coefficient (Wildman–Crippen LogP) is 2.69. The van der Waals surface area contributed by atoms with Crippen LogP contribution >= 0.6 is 0 Å². The molecule has 0 aliphatic heterocycles. The summed E-state index contributed by atoms with van der Waals surface area (Å²) in [5.74, 6) is 1.44. The van der Waals surface area contributed by atoms with Crippen LogP contribution < -0.4 is 16.0 Å². The molecule has 2 aromatic rings. The molecule has 0 spiro atoms. The Morgan fingerprint density at radius 1 is 1.08 bits per heavy atom. The lowest BCUT2D eigenvalue weighted by Gasteiger charge is -2.10. The smallest absolute Gasteiger partial charge is 0.224 e. The van der Waals surface area contributed by atoms with E-state index in [2.05, 4.69) is 51.0 Å². The monoisotopic (exact) mass is 341 g/mol. The molecule has 0 saturated carbocycles. The first-order valence-electron chi connectivity index (χ1n) is 8.72. The first kappa shape index (κ1) is 18.7. The van der Waals surface area contributed by atoms with Crippen molar-refractivity contribution in [3.8, 4) is 0 Å². The van der Waals surface area contributed by atoms with Gasteiger partial charge in [0.2, 0.25) is 11.9 Å². The van der Waals surface area contributed by atoms with Crippen LogP contribution in [0.1, 0.15) is 30.2 Å². The van der Waals surface area contributed by atoms with Gasteiger partial charge in [0.25, 0.3) is 0 Å². The van der Waals surface area contributed by atoms with Crippen molar-refractivity contribution in [3.63, 3.8) is 0 Å². The second-order valence-electron chi connectivity index (χ2n) is 6.01. The van der Waals surface area contributed by atoms with Crippen molar-refractivity contribution in [2.24, 2.45) is 0 Å². The summed E-state index contributed by atoms with van der Waals surface area (Å²) in [6.45, 7) is 7.96. The molecule has 0 saturated heterocycles. The number of amides is 1. The molecule has 2 rings (SSSR count). The van der Waals surface area contributed by atoms with Crippen LogP contribution in [0.3, 0.4) is 0 Å². The van der Waals surface area contributed by atoms with Gasteiger partial charge >= 0.3 is 0 Å². The average molecular weight is 341 g/mol. The Balaban J connectivity index is 1.69. The first-order chi connectivity index (χ1) is 12.1. The van der Waals surface area contributed by atoms with E-state index in [0.29, 0.717) is 25.5 Å². The molecule has 0 atom stereocenters. The van der Waals surface area contributed by atoms with Crippen molar-refractivity contribution in [1.29, 1.82) is 0 Å². The summed E-state index contributed by atoms with van der Waals surface area (Å²) in [5, 5.41) is 9.25. The summed E-state index contributed by atoms with van der Waals surface area (Å²) in [6, 6.07) is 10.2. The highest BCUT2D eigenvalue weighted by Gasteiger charge is 2.03. The molecule has 0 bridgehead atoms. The Morgan fingerprint density at radius 2 is 1.92 bits per heavy atom. The molecule has 1 heterocycles. The fraction of sp³-hybridized carbons (Fsp3) is 0.421. The number of hydrogen-bond acceptors (Lipinski definition) is 5. The maximum Gasteiger partial charge on any atom is 0.224 e. The van der Waals surface area contributed by atoms with Crippen molar-refractivity contribution < 1.29 is 4.79 Å². The summed E-state index contributed by atoms with van der Waals surface area (Å²) in [4.78, 5) is 20.6. The number of carbonyl (C=O) groups excluding carboxylic acids is 1. The van der Waals surface area contributed by atoms with E-state index in [1.54, 1.807) is 0 Å². The van der Waals surface area contributed by atoms with Crippen molar-refractivity contribution >= 4 is 17.7 Å². The molecule has 6 heteroatoms. The summed E-state index contributed by atoms with van der Waals surface area (Å²) in [5.41, 5.74) is 3.32. The van der Waals surface area contributed by atoms with E-state index in [1.807, 2.05) is 26.0 Å². The highest BCUT2D eigenvalue weighted by molar-refractivity contribution is 5.76. The van der Waals surface area contributed by atoms with Crippen molar-refractivity contribution in [2.75, 3.05) is 30.3 Å². The summed E-state index contributed by atoms with van der Waals surface area (Å²) in [7, 11) is 0. The third-order valence-electron chi connectivity index (χ3n) is 3.67. The number of hydrogen-bond donors (Lipinski definition) is 3. The molecule has 25 heavy (non-hydrogen) atoms. The van der Waals surface area contributed by atoms with Gasteiger partial charge in [-0.2, -0.15) is 4.98 Å². The van der Waals surface area contributed by atoms with Crippen LogP contribution in [0, 0.1) is 13.8 Å². The van der Waals surface area contributed by atoms with Crippen molar-refractivity contribution in [3.05, 3.63) is 47.2 Å². The van der Waals surface area contributed by atoms with Gasteiger partial charge in [0.05, 0.1) is 0 Å². The first-order valence-corrected chi connectivity index (χ1v) is 8.72. The van der Waals surface area contributed by atoms with E-state index in [0.717, 1.165) is 24.5 Å². The molecule has 0 fully saturated rings. The third-order valence-corrected chi connectivity index (χ3v) is 3.67. The van der Waals surface area contributed by atoms with Gasteiger partial charge < -0.3 is 16.0 Å². The van der Waals surface area contributed by atoms with E-state index in [1.165, 1.54) is 11.1 Å². The molecule has 1 aromatic heterocycles. The van der Waals surface area contributed by atoms with Gasteiger partial charge in [0.15, 0.2) is 0 Å². The minimum atomic E-state index is 0.0653. The number of nitrogens with zero attached hydrogens (tertiary/aromatic N) is 2. The number of aryl methyl sites for hydroxylation is 3. The fourth-order valence-corrected chi connectivity index (χ4v) is 2.50. The van der Waals surface area contributed by atoms with Gasteiger partial charge in [-0.05, 0) is 32.8 Å². The number of benzene rings is 1. The number of nitrogens with one attached hydrogen (secondary N) is 3. The third kappa shape index (κ3) is 6.79. The molecule has 1 amide bonds. The van der Waals surface area contributed by atoms with Crippen LogP contribution in [0.25, 0.3) is 0 Å². The SMILES string of the molecule is CCNc1nc(C)cc(NCCNC(=O)CCc2cccc(C)c2)n1. The molecule has 134 valence electrons. The lowest BCUT2D eigenvalue weighted by molar-refractivity contribution is -0.120. The molecular formula is C19H27N5O. The lowest BCUT2D eigenvalue weighted by atomic mass is 10.1. The zero-order valence-electron chi connectivity index (χ0n) is 15.2. The zero-order valence-corrected chi connectivity index (χ0v) is 15.2. The fourth-order valence-electron chi connectivity index (χ4n) is 2.50. The van der Waals surface area contributed by atoms with E-state index in [9.17, 15) is 4.79 Å². The lowest BCUT2D eigenvalue weighted by Crippen LogP contribution is -2.29. The molecule has 0 aliphatic rings. The second-order valence-corrected chi connectivity index (χ2v) is 6.01. The summed E-state index contributed by atoms with van der Waals surface area (Å²) >= 11 is 0. The van der Waals surface area contributed by atoms with Crippen LogP contribution in [-0.2, 0) is 11.2 Å². The average Bonchev–Trinajstić information content (AvgIpc) is 2.57. The van der Waals surface area contributed by atoms with E-state index < -0.39 is 0 Å². The number of rotatable bonds is 9. The van der Waals surface area contributed by atoms with Crippen molar-refractivity contribution in [2.45, 2.75) is 33.6 Å². The minimum Gasteiger partial charge on any atom is -0.368 e. The normalized spacial score (nSPS) is 10.4. The topological polar surface area (TPSA) is 78.9 Å². The van der Waals surface area contributed by atoms with Gasteiger partial charge in [0, 0.05) is 37.8 Å². The van der Waals surface area contributed by atoms with Crippen LogP contribution in [0.4, 0.5) is 11.8 Å². The second kappa shape index (κ2) is 9.61. The van der Waals surface area contributed by atoms with Crippen LogP contribution in [0.5, 0.6) is 0 Å². The van der Waals surface area contributed by atoms with Crippen LogP contribution in [-0.4, -0.2) is 35.5 Å². The van der Waals surface area contributed by atoms with Crippen molar-refractivity contribution in [1.82, 2.24) is 15.3 Å². The zero-order chi connectivity index (χ0) is 18.1. The maximum absolute atomic E-state index is 11.9. The highest BCUT2D eigenvalue weighted by atomic mass is 16.1. The van der Waals surface area contributed by atoms with Gasteiger partial charge in [-0.25, -0.2) is 4.98 Å². The van der Waals surface area contributed by atoms with Gasteiger partial charge in [-0.15, -0.1) is 0 Å². The highest BCUT2D eigenvalue weighted by Crippen LogP contribution is 2.09. The summed E-state index contributed by atoms with van der Waals surface area (Å²) < 4.78 is 0. The van der Waals surface area contributed by atoms with Crippen LogP contribution in [0.2, 0.25) is 0 Å². The standard InChI is InChI=1S/C19H27N5O/c1-4-20-19-23-15(3)13-17(24-19)21-10-11-22-18(25)9-8-16-7-5-6-14(2)12-16/h5-7,12-13H,4,8-11H2,1-3H3,(H,22,25)(H2,20,21,23,24). The van der Waals surface area contributed by atoms with E-state index in [4.69, 9.17) is 0 Å².